The molecule has 5 heteroatoms. The van der Waals surface area contributed by atoms with E-state index in [4.69, 9.17) is 5.11 Å². The van der Waals surface area contributed by atoms with Gasteiger partial charge in [-0.2, -0.15) is 0 Å². The van der Waals surface area contributed by atoms with Crippen LogP contribution >= 0.6 is 0 Å². The Morgan fingerprint density at radius 1 is 1.38 bits per heavy atom. The molecule has 1 N–H and O–H groups in total. The molecular weight excluding hydrogens is 216 g/mol. The molecule has 0 aliphatic rings. The Labute approximate surface area is 89.9 Å². The molecule has 0 bridgehead atoms. The van der Waals surface area contributed by atoms with Crippen molar-refractivity contribution >= 4 is 16.9 Å². The highest BCUT2D eigenvalue weighted by atomic mass is 19.1. The highest BCUT2D eigenvalue weighted by Crippen LogP contribution is 2.27. The molecular formula is C11H9F2NO2. The summed E-state index contributed by atoms with van der Waals surface area (Å²) in [7, 11) is 1.47. The molecule has 0 saturated carbocycles. The lowest BCUT2D eigenvalue weighted by Crippen LogP contribution is -2.05. The first-order valence-electron chi connectivity index (χ1n) is 4.60. The van der Waals surface area contributed by atoms with Crippen molar-refractivity contribution in [3.05, 3.63) is 35.0 Å². The molecule has 3 nitrogen and oxygen atoms in total. The van der Waals surface area contributed by atoms with Gasteiger partial charge in [0, 0.05) is 18.5 Å². The summed E-state index contributed by atoms with van der Waals surface area (Å²) in [4.78, 5) is 11.0. The number of carboxylic acids is 1. The van der Waals surface area contributed by atoms with Gasteiger partial charge in [0.25, 0.3) is 0 Å². The Morgan fingerprint density at radius 2 is 2.00 bits per heavy atom. The standard InChI is InChI=1S/C11H9F2NO2/c1-5-9-7(13)3-6(12)4-8(9)14(2)10(5)11(15)16/h3-4H,1-2H3,(H,15,16). The van der Waals surface area contributed by atoms with E-state index in [0.29, 0.717) is 5.56 Å². The molecule has 0 aliphatic carbocycles. The van der Waals surface area contributed by atoms with Crippen LogP contribution in [0, 0.1) is 18.6 Å². The summed E-state index contributed by atoms with van der Waals surface area (Å²) >= 11 is 0. The first-order valence-corrected chi connectivity index (χ1v) is 4.60. The monoisotopic (exact) mass is 225 g/mol. The fourth-order valence-corrected chi connectivity index (χ4v) is 1.99. The van der Waals surface area contributed by atoms with Crippen molar-refractivity contribution < 1.29 is 18.7 Å². The van der Waals surface area contributed by atoms with E-state index in [2.05, 4.69) is 0 Å². The number of hydrogen-bond donors (Lipinski definition) is 1. The average Bonchev–Trinajstić information content (AvgIpc) is 2.38. The number of nitrogens with zero attached hydrogens (tertiary/aromatic N) is 1. The third kappa shape index (κ3) is 1.28. The Hall–Kier alpha value is -1.91. The number of aryl methyl sites for hydroxylation is 2. The number of benzene rings is 1. The molecule has 16 heavy (non-hydrogen) atoms. The van der Waals surface area contributed by atoms with Crippen LogP contribution in [0.2, 0.25) is 0 Å². The Morgan fingerprint density at radius 3 is 2.56 bits per heavy atom. The summed E-state index contributed by atoms with van der Waals surface area (Å²) < 4.78 is 27.8. The molecule has 0 radical (unpaired) electrons. The van der Waals surface area contributed by atoms with Gasteiger partial charge in [-0.1, -0.05) is 0 Å². The van der Waals surface area contributed by atoms with Gasteiger partial charge in [0.1, 0.15) is 17.3 Å². The van der Waals surface area contributed by atoms with Crippen molar-refractivity contribution in [3.8, 4) is 0 Å². The van der Waals surface area contributed by atoms with Gasteiger partial charge in [-0.05, 0) is 18.6 Å². The number of aromatic carboxylic acids is 1. The third-order valence-electron chi connectivity index (χ3n) is 2.66. The number of aromatic nitrogens is 1. The third-order valence-corrected chi connectivity index (χ3v) is 2.66. The zero-order valence-corrected chi connectivity index (χ0v) is 8.71. The van der Waals surface area contributed by atoms with Crippen molar-refractivity contribution in [1.29, 1.82) is 0 Å². The Balaban J connectivity index is 2.99. The van der Waals surface area contributed by atoms with E-state index in [1.54, 1.807) is 0 Å². The summed E-state index contributed by atoms with van der Waals surface area (Å²) in [5.74, 6) is -2.62. The lowest BCUT2D eigenvalue weighted by Gasteiger charge is -1.99. The molecule has 0 unspecified atom stereocenters. The summed E-state index contributed by atoms with van der Waals surface area (Å²) in [5, 5.41) is 9.12. The zero-order valence-electron chi connectivity index (χ0n) is 8.71. The van der Waals surface area contributed by atoms with E-state index in [-0.39, 0.29) is 16.6 Å². The lowest BCUT2D eigenvalue weighted by atomic mass is 10.1. The fraction of sp³-hybridized carbons (Fsp3) is 0.182. The van der Waals surface area contributed by atoms with Gasteiger partial charge < -0.3 is 9.67 Å². The van der Waals surface area contributed by atoms with E-state index in [0.717, 1.165) is 12.1 Å². The maximum atomic E-state index is 13.5. The van der Waals surface area contributed by atoms with Crippen LogP contribution in [-0.4, -0.2) is 15.6 Å². The van der Waals surface area contributed by atoms with Crippen molar-refractivity contribution in [1.82, 2.24) is 4.57 Å². The normalized spacial score (nSPS) is 11.0. The van der Waals surface area contributed by atoms with Gasteiger partial charge in [-0.15, -0.1) is 0 Å². The van der Waals surface area contributed by atoms with E-state index >= 15 is 0 Å². The second kappa shape index (κ2) is 3.30. The minimum Gasteiger partial charge on any atom is -0.477 e. The lowest BCUT2D eigenvalue weighted by molar-refractivity contribution is 0.0686. The molecule has 0 saturated heterocycles. The molecule has 0 aliphatic heterocycles. The van der Waals surface area contributed by atoms with Crippen LogP contribution in [0.15, 0.2) is 12.1 Å². The number of fused-ring (bicyclic) bond motifs is 1. The van der Waals surface area contributed by atoms with E-state index in [9.17, 15) is 13.6 Å². The predicted octanol–water partition coefficient (Wildman–Crippen LogP) is 2.46. The highest BCUT2D eigenvalue weighted by Gasteiger charge is 2.20. The van der Waals surface area contributed by atoms with Gasteiger partial charge >= 0.3 is 5.97 Å². The first kappa shape index (κ1) is 10.6. The Bertz CT molecular complexity index is 602. The quantitative estimate of drug-likeness (QED) is 0.810. The number of carbonyl (C=O) groups is 1. The van der Waals surface area contributed by atoms with Crippen LogP contribution < -0.4 is 0 Å². The average molecular weight is 225 g/mol. The van der Waals surface area contributed by atoms with E-state index < -0.39 is 17.6 Å². The molecule has 84 valence electrons. The maximum absolute atomic E-state index is 13.5. The number of hydrogen-bond acceptors (Lipinski definition) is 1. The van der Waals surface area contributed by atoms with Crippen molar-refractivity contribution in [2.45, 2.75) is 6.92 Å². The molecule has 1 aromatic heterocycles. The van der Waals surface area contributed by atoms with Crippen molar-refractivity contribution in [2.24, 2.45) is 7.05 Å². The van der Waals surface area contributed by atoms with Crippen LogP contribution in [0.25, 0.3) is 10.9 Å². The predicted molar refractivity (Wildman–Crippen MR) is 54.5 cm³/mol. The molecule has 0 atom stereocenters. The fourth-order valence-electron chi connectivity index (χ4n) is 1.99. The topological polar surface area (TPSA) is 42.2 Å². The largest absolute Gasteiger partial charge is 0.477 e. The second-order valence-corrected chi connectivity index (χ2v) is 3.62. The summed E-state index contributed by atoms with van der Waals surface area (Å²) in [5.41, 5.74) is 0.523. The van der Waals surface area contributed by atoms with Crippen LogP contribution in [0.3, 0.4) is 0 Å². The smallest absolute Gasteiger partial charge is 0.352 e. The summed E-state index contributed by atoms with van der Waals surface area (Å²) in [6.45, 7) is 1.51. The SMILES string of the molecule is Cc1c(C(=O)O)n(C)c2cc(F)cc(F)c12. The molecule has 2 rings (SSSR count). The van der Waals surface area contributed by atoms with Crippen LogP contribution in [0.1, 0.15) is 16.1 Å². The van der Waals surface area contributed by atoms with Crippen LogP contribution in [-0.2, 0) is 7.05 Å². The van der Waals surface area contributed by atoms with Gasteiger partial charge in [-0.25, -0.2) is 13.6 Å². The molecule has 1 heterocycles. The molecule has 2 aromatic rings. The number of carboxylic acid groups (broad SMARTS) is 1. The van der Waals surface area contributed by atoms with Gasteiger partial charge in [0.05, 0.1) is 5.52 Å². The van der Waals surface area contributed by atoms with E-state index in [1.807, 2.05) is 0 Å². The van der Waals surface area contributed by atoms with Gasteiger partial charge in [-0.3, -0.25) is 0 Å². The minimum absolute atomic E-state index is 0.0282. The van der Waals surface area contributed by atoms with Crippen LogP contribution in [0.5, 0.6) is 0 Å². The highest BCUT2D eigenvalue weighted by molar-refractivity contribution is 5.98. The summed E-state index contributed by atoms with van der Waals surface area (Å²) in [6, 6.07) is 1.87. The maximum Gasteiger partial charge on any atom is 0.352 e. The van der Waals surface area contributed by atoms with Crippen LogP contribution in [0.4, 0.5) is 8.78 Å². The van der Waals surface area contributed by atoms with Gasteiger partial charge in [0.15, 0.2) is 0 Å². The molecule has 0 amide bonds. The molecule has 0 spiro atoms. The minimum atomic E-state index is -1.16. The Kier molecular flexibility index (Phi) is 2.18. The van der Waals surface area contributed by atoms with Crippen molar-refractivity contribution in [3.63, 3.8) is 0 Å². The zero-order chi connectivity index (χ0) is 12.0. The second-order valence-electron chi connectivity index (χ2n) is 3.62. The van der Waals surface area contributed by atoms with Gasteiger partial charge in [0.2, 0.25) is 0 Å². The number of rotatable bonds is 1. The number of halogens is 2. The molecule has 1 aromatic carbocycles. The first-order chi connectivity index (χ1) is 7.43. The van der Waals surface area contributed by atoms with Crippen molar-refractivity contribution in [2.75, 3.05) is 0 Å². The molecule has 0 fully saturated rings. The van der Waals surface area contributed by atoms with E-state index in [1.165, 1.54) is 18.5 Å². The summed E-state index contributed by atoms with van der Waals surface area (Å²) in [6.07, 6.45) is 0.